The monoisotopic (exact) mass is 1640 g/mol. The Morgan fingerprint density at radius 3 is 1.12 bits per heavy atom. The van der Waals surface area contributed by atoms with E-state index in [1.54, 1.807) is 56.4 Å². The van der Waals surface area contributed by atoms with Crippen molar-refractivity contribution in [1.82, 2.24) is 84.1 Å². The first kappa shape index (κ1) is 78.1. The Morgan fingerprint density at radius 1 is 0.471 bits per heavy atom. The van der Waals surface area contributed by atoms with E-state index in [1.165, 1.54) is 84.6 Å². The predicted octanol–water partition coefficient (Wildman–Crippen LogP) is 4.60. The van der Waals surface area contributed by atoms with Crippen LogP contribution < -0.4 is 60.3 Å². The van der Waals surface area contributed by atoms with Crippen LogP contribution in [0.3, 0.4) is 0 Å². The van der Waals surface area contributed by atoms with Crippen molar-refractivity contribution >= 4 is 160 Å². The maximum absolute atomic E-state index is 13.2. The number of nitrogens with one attached hydrogen (secondary N) is 6. The maximum atomic E-state index is 13.2. The summed E-state index contributed by atoms with van der Waals surface area (Å²) in [5.41, 5.74) is 6.94. The molecule has 0 aliphatic carbocycles. The summed E-state index contributed by atoms with van der Waals surface area (Å²) in [5.74, 6) is -0.200. The summed E-state index contributed by atoms with van der Waals surface area (Å²) in [5, 5.41) is 15.3. The molecule has 0 aromatic carbocycles. The van der Waals surface area contributed by atoms with E-state index in [0.29, 0.717) is 126 Å². The third kappa shape index (κ3) is 17.4. The fourth-order valence-electron chi connectivity index (χ4n) is 12.4. The molecule has 7 aromatic heterocycles. The fourth-order valence-corrected chi connectivity index (χ4v) is 14.5. The highest BCUT2D eigenvalue weighted by molar-refractivity contribution is 9.10. The summed E-state index contributed by atoms with van der Waals surface area (Å²) in [6.07, 6.45) is 12.6. The molecule has 7 aliphatic heterocycles. The van der Waals surface area contributed by atoms with E-state index in [9.17, 15) is 62.3 Å². The van der Waals surface area contributed by atoms with Gasteiger partial charge in [0, 0.05) is 150 Å². The van der Waals surface area contributed by atoms with Crippen molar-refractivity contribution in [2.45, 2.75) is 96.1 Å². The number of pyridine rings is 4. The second kappa shape index (κ2) is 33.2. The molecule has 0 atom stereocenters. The Labute approximate surface area is 627 Å². The summed E-state index contributed by atoms with van der Waals surface area (Å²) in [6.45, 7) is 10.1. The number of hydrogen-bond donors (Lipinski definition) is 8. The smallest absolute Gasteiger partial charge is 0.276 e. The number of aromatic amines is 1. The normalized spacial score (nSPS) is 16.6. The van der Waals surface area contributed by atoms with Gasteiger partial charge in [-0.25, -0.2) is 29.9 Å². The number of hydrogen-bond acceptors (Lipinski definition) is 22. The molecule has 548 valence electrons. The number of Topliss-reactive ketones (excluding diaryl/α,β-unsaturated/α-hetero) is 1. The topological polar surface area (TPSA) is 455 Å². The number of carbonyl (C=O) groups excluding carboxylic acids is 9. The lowest BCUT2D eigenvalue weighted by atomic mass is 9.97. The number of amides is 8. The lowest BCUT2D eigenvalue weighted by Crippen LogP contribution is -2.55. The molecule has 0 unspecified atom stereocenters. The molecular weight excluding hydrogens is 1570 g/mol. The quantitative estimate of drug-likeness (QED) is 0.117. The average Bonchev–Trinajstić information content (AvgIpc) is 1.58. The Kier molecular flexibility index (Phi) is 24.9. The van der Waals surface area contributed by atoms with E-state index in [-0.39, 0.29) is 123 Å². The van der Waals surface area contributed by atoms with Gasteiger partial charge in [-0.15, -0.1) is 0 Å². The van der Waals surface area contributed by atoms with Crippen LogP contribution in [0.25, 0.3) is 0 Å². The van der Waals surface area contributed by atoms with Crippen LogP contribution in [0, 0.1) is 0 Å². The van der Waals surface area contributed by atoms with Crippen LogP contribution in [0.5, 0.6) is 0 Å². The van der Waals surface area contributed by atoms with Crippen LogP contribution in [0.1, 0.15) is 121 Å². The second-order valence-electron chi connectivity index (χ2n) is 24.2. The number of ketones is 1. The number of H-pyrrole nitrogens is 1. The molecule has 4 saturated heterocycles. The summed E-state index contributed by atoms with van der Waals surface area (Å²) >= 11 is 30.5. The first-order valence-electron chi connectivity index (χ1n) is 31.8. The van der Waals surface area contributed by atoms with Crippen LogP contribution in [-0.2, 0) is 41.0 Å². The van der Waals surface area contributed by atoms with Crippen LogP contribution >= 0.6 is 78.3 Å². The lowest BCUT2D eigenvalue weighted by molar-refractivity contribution is -0.133. The van der Waals surface area contributed by atoms with Crippen molar-refractivity contribution in [2.24, 2.45) is 5.73 Å². The molecule has 7 aliphatic rings. The van der Waals surface area contributed by atoms with E-state index >= 15 is 0 Å². The Hall–Kier alpha value is -10.0. The molecule has 4 fully saturated rings. The highest BCUT2D eigenvalue weighted by Gasteiger charge is 2.50. The highest BCUT2D eigenvalue weighted by atomic mass is 79.9. The number of anilines is 5. The largest absolute Gasteiger partial charge is 0.384 e. The minimum Gasteiger partial charge on any atom is -0.384 e. The predicted molar refractivity (Wildman–Crippen MR) is 387 cm³/mol. The molecule has 8 amide bonds. The minimum atomic E-state index is -0.886. The van der Waals surface area contributed by atoms with Gasteiger partial charge in [0.2, 0.25) is 23.6 Å². The zero-order chi connectivity index (χ0) is 75.7. The van der Waals surface area contributed by atoms with Gasteiger partial charge in [0.1, 0.15) is 93.4 Å². The molecule has 0 saturated carbocycles. The van der Waals surface area contributed by atoms with E-state index in [4.69, 9.17) is 57.9 Å². The molecular formula is C64H67Br2Cl4N21O13. The lowest BCUT2D eigenvalue weighted by Gasteiger charge is -2.40. The fraction of sp³-hybridized carbons (Fsp3) is 0.359. The number of halogens is 6. The number of nitrogens with zero attached hydrogens (tertiary/aromatic N) is 13. The van der Waals surface area contributed by atoms with Crippen molar-refractivity contribution in [3.05, 3.63) is 173 Å². The van der Waals surface area contributed by atoms with Crippen LogP contribution in [0.4, 0.5) is 28.8 Å². The van der Waals surface area contributed by atoms with Gasteiger partial charge in [0.15, 0.2) is 0 Å². The van der Waals surface area contributed by atoms with E-state index < -0.39 is 28.5 Å². The van der Waals surface area contributed by atoms with Crippen molar-refractivity contribution in [3.63, 3.8) is 0 Å². The number of fused-ring (bicyclic) bond motifs is 6. The van der Waals surface area contributed by atoms with Gasteiger partial charge in [-0.2, -0.15) is 0 Å². The number of carbonyl (C=O) groups is 9. The Balaban J connectivity index is 0.000000153. The molecule has 14 heterocycles. The van der Waals surface area contributed by atoms with Crippen molar-refractivity contribution in [3.8, 4) is 0 Å². The number of primary amides is 1. The third-order valence-corrected chi connectivity index (χ3v) is 20.1. The third-order valence-electron chi connectivity index (χ3n) is 17.7. The van der Waals surface area contributed by atoms with Crippen LogP contribution in [0.15, 0.2) is 108 Å². The van der Waals surface area contributed by atoms with Gasteiger partial charge < -0.3 is 62.6 Å². The van der Waals surface area contributed by atoms with E-state index in [0.717, 1.165) is 0 Å². The first-order chi connectivity index (χ1) is 49.3. The molecule has 3 spiro atoms. The van der Waals surface area contributed by atoms with Gasteiger partial charge in [-0.1, -0.05) is 46.4 Å². The Bertz CT molecular complexity index is 4610. The van der Waals surface area contributed by atoms with Gasteiger partial charge in [0.05, 0.1) is 29.0 Å². The van der Waals surface area contributed by atoms with Gasteiger partial charge in [-0.3, -0.25) is 76.0 Å². The van der Waals surface area contributed by atoms with Gasteiger partial charge in [-0.05, 0) is 74.3 Å². The molecule has 0 bridgehead atoms. The average molecular weight is 1640 g/mol. The Morgan fingerprint density at radius 2 is 0.808 bits per heavy atom. The molecule has 104 heavy (non-hydrogen) atoms. The number of nitrogen functional groups attached to an aromatic ring is 1. The summed E-state index contributed by atoms with van der Waals surface area (Å²) < 4.78 is 4.88. The van der Waals surface area contributed by atoms with Crippen molar-refractivity contribution in [2.75, 3.05) is 68.7 Å². The molecule has 34 nitrogen and oxygen atoms in total. The molecule has 0 radical (unpaired) electrons. The minimum absolute atomic E-state index is 0.00554. The standard InChI is InChI=1S/2C17H17ClN6O3.C13H13BrClN3O3.C7H11NO2.C6H4BrClN2O2.C4H5N3/c2*1-10(25)23-6-3-17(4-7-23)22-15(26)14-11(18)8-12(16(27)24(14)17)21-13-2-5-19-9-20-13;1-7(19)17-4-2-13(3-5-17)16-11(20)10-9(15)6-8(14)12(21)18(10)13;1-6(9)8-4-2-7(10)3-5-8;7-2-1-3(8)4(5(9)11)10-6(2)12;5-4-1-2-6-3-7-4/h2*2,5,8-9H,3-4,6-7H2,1H3,(H,22,26)(H,19,20,21);6H,2-5H2,1H3,(H,16,20);2-5H2,1H3;1H,(H2,9,11)(H,10,12);1-3H,(H2,5,6,7). The maximum Gasteiger partial charge on any atom is 0.276 e. The van der Waals surface area contributed by atoms with Crippen LogP contribution in [0.2, 0.25) is 20.1 Å². The molecule has 40 heteroatoms. The highest BCUT2D eigenvalue weighted by Crippen LogP contribution is 2.39. The summed E-state index contributed by atoms with van der Waals surface area (Å²) in [6, 6.07) is 10.5. The van der Waals surface area contributed by atoms with Gasteiger partial charge >= 0.3 is 0 Å². The zero-order valence-electron chi connectivity index (χ0n) is 55.9. The zero-order valence-corrected chi connectivity index (χ0v) is 62.1. The number of aromatic nitrogens is 10. The molecule has 7 aromatic rings. The number of likely N-dealkylation sites (tertiary alicyclic amines) is 4. The molecule has 14 rings (SSSR count). The molecule has 10 N–H and O–H groups in total. The van der Waals surface area contributed by atoms with Crippen molar-refractivity contribution < 1.29 is 43.2 Å². The summed E-state index contributed by atoms with van der Waals surface area (Å²) in [4.78, 5) is 186. The SMILES string of the molecule is CC(=O)N1CCC(=O)CC1.CC(=O)N1CCC2(CC1)NC(=O)c1c(Cl)cc(Br)c(=O)n12.CC(=O)N1CCC2(CC1)NC(=O)c1c(Cl)cc(Nc3ccncn3)c(=O)n12.CC(=O)N1CCC2(CC1)NC(=O)c1c(Cl)cc(Nc3ccncn3)c(=O)n12.NC(=O)c1[nH]c(=O)c(Br)cc1Cl.Nc1ccncn1. The second-order valence-corrected chi connectivity index (χ2v) is 27.6. The van der Waals surface area contributed by atoms with E-state index in [1.807, 2.05) is 0 Å². The van der Waals surface area contributed by atoms with E-state index in [2.05, 4.69) is 93.3 Å². The van der Waals surface area contributed by atoms with Gasteiger partial charge in [0.25, 0.3) is 45.9 Å². The van der Waals surface area contributed by atoms with Crippen molar-refractivity contribution in [1.29, 1.82) is 0 Å². The summed E-state index contributed by atoms with van der Waals surface area (Å²) in [7, 11) is 0. The van der Waals surface area contributed by atoms with Crippen LogP contribution in [-0.4, -0.2) is 174 Å². The first-order valence-corrected chi connectivity index (χ1v) is 34.9. The number of rotatable bonds is 5. The number of piperidine rings is 4. The number of nitrogens with two attached hydrogens (primary N) is 2.